The largest absolute Gasteiger partial charge is 0.481 e. The molecule has 0 fully saturated rings. The lowest BCUT2D eigenvalue weighted by molar-refractivity contribution is 0.0884. The summed E-state index contributed by atoms with van der Waals surface area (Å²) in [7, 11) is 1.53. The van der Waals surface area contributed by atoms with Crippen LogP contribution < -0.4 is 10.1 Å². The predicted molar refractivity (Wildman–Crippen MR) is 73.2 cm³/mol. The van der Waals surface area contributed by atoms with E-state index < -0.39 is 0 Å². The van der Waals surface area contributed by atoms with Crippen molar-refractivity contribution in [3.8, 4) is 5.88 Å². The van der Waals surface area contributed by atoms with E-state index in [-0.39, 0.29) is 24.0 Å². The average Bonchev–Trinajstić information content (AvgIpc) is 2.37. The second-order valence-electron chi connectivity index (χ2n) is 5.49. The molecular formula is C14H22N2O3. The number of aromatic nitrogens is 1. The van der Waals surface area contributed by atoms with Crippen LogP contribution in [0.15, 0.2) is 18.3 Å². The first-order valence-corrected chi connectivity index (χ1v) is 6.30. The molecule has 0 spiro atoms. The lowest BCUT2D eigenvalue weighted by Crippen LogP contribution is -2.44. The Hall–Kier alpha value is -1.62. The highest BCUT2D eigenvalue weighted by Crippen LogP contribution is 2.22. The number of aliphatic hydroxyl groups excluding tert-OH is 1. The molecule has 1 aromatic rings. The second kappa shape index (κ2) is 6.52. The Balaban J connectivity index is 2.75. The molecule has 1 aromatic heterocycles. The minimum absolute atomic E-state index is 0.0447. The first-order chi connectivity index (χ1) is 8.88. The molecular weight excluding hydrogens is 244 g/mol. The van der Waals surface area contributed by atoms with E-state index in [1.807, 2.05) is 20.8 Å². The number of ether oxygens (including phenoxy) is 1. The molecule has 0 aliphatic carbocycles. The van der Waals surface area contributed by atoms with Gasteiger partial charge < -0.3 is 15.2 Å². The fraction of sp³-hybridized carbons (Fsp3) is 0.571. The molecule has 0 radical (unpaired) electrons. The first kappa shape index (κ1) is 15.4. The predicted octanol–water partition coefficient (Wildman–Crippen LogP) is 1.62. The van der Waals surface area contributed by atoms with Gasteiger partial charge in [-0.1, -0.05) is 20.8 Å². The van der Waals surface area contributed by atoms with Gasteiger partial charge in [0.2, 0.25) is 5.88 Å². The van der Waals surface area contributed by atoms with Gasteiger partial charge in [0.1, 0.15) is 0 Å². The van der Waals surface area contributed by atoms with E-state index in [0.717, 1.165) is 0 Å². The number of amides is 1. The third-order valence-corrected chi connectivity index (χ3v) is 2.98. The van der Waals surface area contributed by atoms with Crippen molar-refractivity contribution >= 4 is 5.91 Å². The quantitative estimate of drug-likeness (QED) is 0.849. The second-order valence-corrected chi connectivity index (χ2v) is 5.49. The molecule has 106 valence electrons. The van der Waals surface area contributed by atoms with Gasteiger partial charge in [-0.05, 0) is 17.9 Å². The minimum atomic E-state index is -0.191. The van der Waals surface area contributed by atoms with Crippen LogP contribution in [0.2, 0.25) is 0 Å². The number of rotatable bonds is 5. The van der Waals surface area contributed by atoms with Gasteiger partial charge in [0, 0.05) is 24.9 Å². The first-order valence-electron chi connectivity index (χ1n) is 6.30. The zero-order valence-electron chi connectivity index (χ0n) is 11.9. The maximum Gasteiger partial charge on any atom is 0.253 e. The Morgan fingerprint density at radius 2 is 2.16 bits per heavy atom. The van der Waals surface area contributed by atoms with Crippen molar-refractivity contribution in [2.75, 3.05) is 13.7 Å². The summed E-state index contributed by atoms with van der Waals surface area (Å²) in [4.78, 5) is 16.1. The van der Waals surface area contributed by atoms with Crippen molar-refractivity contribution in [3.63, 3.8) is 0 Å². The molecule has 5 nitrogen and oxygen atoms in total. The number of aliphatic hydroxyl groups is 1. The number of methoxy groups -OCH3 is 1. The van der Waals surface area contributed by atoms with Gasteiger partial charge in [-0.3, -0.25) is 4.79 Å². The number of hydrogen-bond donors (Lipinski definition) is 2. The molecule has 19 heavy (non-hydrogen) atoms. The molecule has 0 saturated carbocycles. The Labute approximate surface area is 114 Å². The number of nitrogens with one attached hydrogen (secondary N) is 1. The van der Waals surface area contributed by atoms with Crippen LogP contribution in [0, 0.1) is 5.41 Å². The molecule has 0 aromatic carbocycles. The molecule has 0 saturated heterocycles. The maximum absolute atomic E-state index is 12.1. The van der Waals surface area contributed by atoms with Crippen molar-refractivity contribution in [3.05, 3.63) is 23.9 Å². The highest BCUT2D eigenvalue weighted by atomic mass is 16.5. The van der Waals surface area contributed by atoms with Crippen LogP contribution in [-0.4, -0.2) is 35.8 Å². The molecule has 0 bridgehead atoms. The van der Waals surface area contributed by atoms with E-state index in [1.54, 1.807) is 12.1 Å². The lowest BCUT2D eigenvalue weighted by atomic mass is 9.85. The summed E-state index contributed by atoms with van der Waals surface area (Å²) >= 11 is 0. The van der Waals surface area contributed by atoms with Crippen LogP contribution in [0.5, 0.6) is 5.88 Å². The average molecular weight is 266 g/mol. The van der Waals surface area contributed by atoms with Gasteiger partial charge in [0.05, 0.1) is 12.7 Å². The van der Waals surface area contributed by atoms with Crippen molar-refractivity contribution in [2.45, 2.75) is 33.2 Å². The molecule has 0 aliphatic rings. The zero-order chi connectivity index (χ0) is 14.5. The summed E-state index contributed by atoms with van der Waals surface area (Å²) in [5.41, 5.74) is 0.367. The summed E-state index contributed by atoms with van der Waals surface area (Å²) < 4.78 is 4.95. The van der Waals surface area contributed by atoms with Crippen molar-refractivity contribution < 1.29 is 14.6 Å². The summed E-state index contributed by atoms with van der Waals surface area (Å²) in [6.07, 6.45) is 2.01. The summed E-state index contributed by atoms with van der Waals surface area (Å²) in [6, 6.07) is 3.22. The number of carbonyl (C=O) groups excluding carboxylic acids is 1. The van der Waals surface area contributed by atoms with Crippen LogP contribution >= 0.6 is 0 Å². The molecule has 0 aliphatic heterocycles. The van der Waals surface area contributed by atoms with E-state index in [0.29, 0.717) is 17.9 Å². The van der Waals surface area contributed by atoms with E-state index in [1.165, 1.54) is 13.3 Å². The molecule has 1 amide bonds. The molecule has 5 heteroatoms. The topological polar surface area (TPSA) is 71.5 Å². The van der Waals surface area contributed by atoms with E-state index >= 15 is 0 Å². The summed E-state index contributed by atoms with van der Waals surface area (Å²) in [5, 5.41) is 12.0. The fourth-order valence-electron chi connectivity index (χ4n) is 1.73. The number of pyridine rings is 1. The van der Waals surface area contributed by atoms with Crippen LogP contribution in [0.4, 0.5) is 0 Å². The Bertz CT molecular complexity index is 410. The van der Waals surface area contributed by atoms with Crippen molar-refractivity contribution in [1.82, 2.24) is 10.3 Å². The van der Waals surface area contributed by atoms with E-state index in [2.05, 4.69) is 10.3 Å². The van der Waals surface area contributed by atoms with Gasteiger partial charge in [-0.2, -0.15) is 0 Å². The third kappa shape index (κ3) is 4.52. The van der Waals surface area contributed by atoms with E-state index in [9.17, 15) is 4.79 Å². The molecule has 1 rings (SSSR count). The van der Waals surface area contributed by atoms with Crippen LogP contribution in [-0.2, 0) is 0 Å². The van der Waals surface area contributed by atoms with Gasteiger partial charge >= 0.3 is 0 Å². The van der Waals surface area contributed by atoms with Crippen LogP contribution in [0.25, 0.3) is 0 Å². The maximum atomic E-state index is 12.1. The van der Waals surface area contributed by atoms with Crippen LogP contribution in [0.1, 0.15) is 37.6 Å². The van der Waals surface area contributed by atoms with Crippen molar-refractivity contribution in [1.29, 1.82) is 0 Å². The SMILES string of the molecule is COc1ccc(C(=O)NC(CCO)C(C)(C)C)cn1. The summed E-state index contributed by atoms with van der Waals surface area (Å²) in [5.74, 6) is 0.280. The minimum Gasteiger partial charge on any atom is -0.481 e. The Morgan fingerprint density at radius 1 is 1.47 bits per heavy atom. The van der Waals surface area contributed by atoms with Crippen LogP contribution in [0.3, 0.4) is 0 Å². The highest BCUT2D eigenvalue weighted by Gasteiger charge is 2.26. The fourth-order valence-corrected chi connectivity index (χ4v) is 1.73. The normalized spacial score (nSPS) is 12.9. The number of hydrogen-bond acceptors (Lipinski definition) is 4. The number of carbonyl (C=O) groups is 1. The Kier molecular flexibility index (Phi) is 5.30. The molecule has 2 N–H and O–H groups in total. The Morgan fingerprint density at radius 3 is 2.58 bits per heavy atom. The third-order valence-electron chi connectivity index (χ3n) is 2.98. The monoisotopic (exact) mass is 266 g/mol. The summed E-state index contributed by atoms with van der Waals surface area (Å²) in [6.45, 7) is 6.13. The number of nitrogens with zero attached hydrogens (tertiary/aromatic N) is 1. The van der Waals surface area contributed by atoms with Gasteiger partial charge in [-0.15, -0.1) is 0 Å². The van der Waals surface area contributed by atoms with Gasteiger partial charge in [-0.25, -0.2) is 4.98 Å². The standard InChI is InChI=1S/C14H22N2O3/c1-14(2,3)11(7-8-17)16-13(18)10-5-6-12(19-4)15-9-10/h5-6,9,11,17H,7-8H2,1-4H3,(H,16,18). The lowest BCUT2D eigenvalue weighted by Gasteiger charge is -2.31. The smallest absolute Gasteiger partial charge is 0.253 e. The van der Waals surface area contributed by atoms with Gasteiger partial charge in [0.25, 0.3) is 5.91 Å². The molecule has 1 heterocycles. The zero-order valence-corrected chi connectivity index (χ0v) is 11.9. The highest BCUT2D eigenvalue weighted by molar-refractivity contribution is 5.94. The van der Waals surface area contributed by atoms with E-state index in [4.69, 9.17) is 9.84 Å². The molecule has 1 atom stereocenters. The van der Waals surface area contributed by atoms with Crippen molar-refractivity contribution in [2.24, 2.45) is 5.41 Å². The molecule has 1 unspecified atom stereocenters. The van der Waals surface area contributed by atoms with Gasteiger partial charge in [0.15, 0.2) is 0 Å².